The molecule has 5 heteroatoms. The van der Waals surface area contributed by atoms with Gasteiger partial charge in [0.05, 0.1) is 5.56 Å². The summed E-state index contributed by atoms with van der Waals surface area (Å²) < 4.78 is 0. The van der Waals surface area contributed by atoms with Crippen molar-refractivity contribution in [1.82, 2.24) is 4.98 Å². The van der Waals surface area contributed by atoms with Crippen LogP contribution in [0.2, 0.25) is 0 Å². The van der Waals surface area contributed by atoms with Crippen molar-refractivity contribution in [1.29, 1.82) is 5.41 Å². The van der Waals surface area contributed by atoms with Gasteiger partial charge in [0.2, 0.25) is 0 Å². The summed E-state index contributed by atoms with van der Waals surface area (Å²) in [6.45, 7) is 0. The van der Waals surface area contributed by atoms with E-state index in [1.165, 1.54) is 19.3 Å². The van der Waals surface area contributed by atoms with Gasteiger partial charge in [-0.3, -0.25) is 0 Å². The lowest BCUT2D eigenvalue weighted by Gasteiger charge is -2.25. The molecule has 1 aliphatic carbocycles. The zero-order valence-electron chi connectivity index (χ0n) is 11.7. The number of hydrogen-bond acceptors (Lipinski definition) is 5. The number of rotatable bonds is 6. The molecule has 0 bridgehead atoms. The highest BCUT2D eigenvalue weighted by Gasteiger charge is 2.18. The highest BCUT2D eigenvalue weighted by atomic mass is 16.1. The molecule has 0 unspecified atom stereocenters. The summed E-state index contributed by atoms with van der Waals surface area (Å²) in [6.07, 6.45) is 9.27. The molecule has 0 saturated heterocycles. The van der Waals surface area contributed by atoms with Gasteiger partial charge in [-0.1, -0.05) is 19.3 Å². The van der Waals surface area contributed by atoms with Gasteiger partial charge >= 0.3 is 0 Å². The van der Waals surface area contributed by atoms with E-state index >= 15 is 0 Å². The maximum Gasteiger partial charge on any atom is 0.137 e. The fourth-order valence-electron chi connectivity index (χ4n) is 2.67. The second-order valence-corrected chi connectivity index (χ2v) is 5.29. The van der Waals surface area contributed by atoms with Crippen molar-refractivity contribution in [3.8, 4) is 0 Å². The van der Waals surface area contributed by atoms with Crippen LogP contribution in [-0.2, 0) is 4.79 Å². The smallest absolute Gasteiger partial charge is 0.137 e. The summed E-state index contributed by atoms with van der Waals surface area (Å²) in [7, 11) is 0. The quantitative estimate of drug-likeness (QED) is 0.549. The van der Waals surface area contributed by atoms with Crippen molar-refractivity contribution in [2.24, 2.45) is 0 Å². The summed E-state index contributed by atoms with van der Waals surface area (Å²) in [4.78, 5) is 14.8. The van der Waals surface area contributed by atoms with Crippen LogP contribution in [0.4, 0.5) is 11.5 Å². The third-order valence-corrected chi connectivity index (χ3v) is 3.74. The number of nitrogens with one attached hydrogen (secondary N) is 2. The van der Waals surface area contributed by atoms with Gasteiger partial charge in [0.15, 0.2) is 0 Å². The highest BCUT2D eigenvalue weighted by molar-refractivity contribution is 6.07. The molecule has 20 heavy (non-hydrogen) atoms. The third kappa shape index (κ3) is 3.56. The van der Waals surface area contributed by atoms with Gasteiger partial charge in [-0.2, -0.15) is 0 Å². The van der Waals surface area contributed by atoms with Crippen molar-refractivity contribution in [3.63, 3.8) is 0 Å². The Bertz CT molecular complexity index is 481. The average molecular weight is 274 g/mol. The summed E-state index contributed by atoms with van der Waals surface area (Å²) in [5, 5.41) is 11.5. The van der Waals surface area contributed by atoms with Crippen molar-refractivity contribution >= 4 is 23.5 Å². The van der Waals surface area contributed by atoms with Crippen LogP contribution < -0.4 is 11.1 Å². The lowest BCUT2D eigenvalue weighted by molar-refractivity contribution is -0.107. The first-order valence-corrected chi connectivity index (χ1v) is 7.25. The predicted octanol–water partition coefficient (Wildman–Crippen LogP) is 2.76. The molecule has 1 aromatic rings. The van der Waals surface area contributed by atoms with E-state index in [1.54, 1.807) is 12.3 Å². The van der Waals surface area contributed by atoms with E-state index in [9.17, 15) is 4.79 Å². The molecule has 0 atom stereocenters. The van der Waals surface area contributed by atoms with E-state index in [4.69, 9.17) is 11.1 Å². The predicted molar refractivity (Wildman–Crippen MR) is 81.3 cm³/mol. The van der Waals surface area contributed by atoms with Crippen LogP contribution in [0.3, 0.4) is 0 Å². The van der Waals surface area contributed by atoms with E-state index in [-0.39, 0.29) is 0 Å². The summed E-state index contributed by atoms with van der Waals surface area (Å²) in [6, 6.07) is 2.12. The monoisotopic (exact) mass is 274 g/mol. The number of hydrogen-bond donors (Lipinski definition) is 3. The Balaban J connectivity index is 2.16. The number of nitrogens with zero attached hydrogens (tertiary/aromatic N) is 1. The molecular formula is C15H22N4O. The van der Waals surface area contributed by atoms with E-state index < -0.39 is 0 Å². The fourth-order valence-corrected chi connectivity index (χ4v) is 2.67. The number of anilines is 2. The van der Waals surface area contributed by atoms with E-state index in [1.807, 2.05) is 0 Å². The molecule has 108 valence electrons. The zero-order chi connectivity index (χ0) is 14.4. The third-order valence-electron chi connectivity index (χ3n) is 3.74. The number of carbonyl (C=O) groups excluding carboxylic acids is 1. The highest BCUT2D eigenvalue weighted by Crippen LogP contribution is 2.26. The first-order valence-electron chi connectivity index (χ1n) is 7.25. The Morgan fingerprint density at radius 3 is 2.90 bits per heavy atom. The molecular weight excluding hydrogens is 252 g/mol. The van der Waals surface area contributed by atoms with Crippen LogP contribution in [-0.4, -0.2) is 23.0 Å². The van der Waals surface area contributed by atoms with E-state index in [2.05, 4.69) is 10.3 Å². The number of nitrogen functional groups attached to an aromatic ring is 1. The molecule has 0 spiro atoms. The fraction of sp³-hybridized carbons (Fsp3) is 0.533. The average Bonchev–Trinajstić information content (AvgIpc) is 2.46. The van der Waals surface area contributed by atoms with Gasteiger partial charge in [-0.15, -0.1) is 0 Å². The summed E-state index contributed by atoms with van der Waals surface area (Å²) in [5.74, 6) is 0.688. The first kappa shape index (κ1) is 14.5. The Morgan fingerprint density at radius 1 is 1.45 bits per heavy atom. The Kier molecular flexibility index (Phi) is 5.09. The maximum atomic E-state index is 10.5. The van der Waals surface area contributed by atoms with Crippen LogP contribution in [0, 0.1) is 5.41 Å². The molecule has 1 aromatic heterocycles. The van der Waals surface area contributed by atoms with Crippen LogP contribution in [0.15, 0.2) is 12.3 Å². The Hall–Kier alpha value is -1.91. The molecule has 0 aliphatic heterocycles. The minimum Gasteiger partial charge on any atom is -0.398 e. The zero-order valence-corrected chi connectivity index (χ0v) is 11.7. The van der Waals surface area contributed by atoms with Crippen LogP contribution in [0.25, 0.3) is 0 Å². The summed E-state index contributed by atoms with van der Waals surface area (Å²) in [5.41, 5.74) is 7.57. The largest absolute Gasteiger partial charge is 0.398 e. The van der Waals surface area contributed by atoms with Gasteiger partial charge in [-0.25, -0.2) is 4.98 Å². The standard InChI is InChI=1S/C15H22N4O/c16-12(7-4-10-20)14-13(17)8-9-18-15(14)19-11-5-2-1-3-6-11/h8-11,16H,1-7H2,(H3,17,18,19). The molecule has 2 rings (SSSR count). The number of aldehydes is 1. The summed E-state index contributed by atoms with van der Waals surface area (Å²) >= 11 is 0. The van der Waals surface area contributed by atoms with Gasteiger partial charge in [-0.05, 0) is 25.3 Å². The van der Waals surface area contributed by atoms with Crippen LogP contribution >= 0.6 is 0 Å². The Morgan fingerprint density at radius 2 is 2.20 bits per heavy atom. The molecule has 4 N–H and O–H groups in total. The maximum absolute atomic E-state index is 10.5. The van der Waals surface area contributed by atoms with Gasteiger partial charge in [0.1, 0.15) is 12.1 Å². The molecule has 1 aliphatic rings. The van der Waals surface area contributed by atoms with Gasteiger partial charge in [0, 0.05) is 30.1 Å². The van der Waals surface area contributed by atoms with Gasteiger partial charge < -0.3 is 21.3 Å². The lowest BCUT2D eigenvalue weighted by Crippen LogP contribution is -2.24. The molecule has 1 fully saturated rings. The van der Waals surface area contributed by atoms with E-state index in [0.29, 0.717) is 41.7 Å². The number of pyridine rings is 1. The van der Waals surface area contributed by atoms with Crippen LogP contribution in [0.5, 0.6) is 0 Å². The van der Waals surface area contributed by atoms with Crippen molar-refractivity contribution in [3.05, 3.63) is 17.8 Å². The number of aromatic nitrogens is 1. The second kappa shape index (κ2) is 7.03. The number of nitrogens with two attached hydrogens (primary N) is 1. The van der Waals surface area contributed by atoms with Crippen molar-refractivity contribution < 1.29 is 4.79 Å². The topological polar surface area (TPSA) is 91.9 Å². The minimum absolute atomic E-state index is 0.343. The molecule has 1 saturated carbocycles. The molecule has 5 nitrogen and oxygen atoms in total. The van der Waals surface area contributed by atoms with Crippen LogP contribution in [0.1, 0.15) is 50.5 Å². The molecule has 0 radical (unpaired) electrons. The van der Waals surface area contributed by atoms with Crippen molar-refractivity contribution in [2.45, 2.75) is 51.0 Å². The van der Waals surface area contributed by atoms with Crippen molar-refractivity contribution in [2.75, 3.05) is 11.1 Å². The van der Waals surface area contributed by atoms with E-state index in [0.717, 1.165) is 19.1 Å². The number of carbonyl (C=O) groups is 1. The first-order chi connectivity index (χ1) is 9.72. The normalized spacial score (nSPS) is 15.8. The molecule has 0 aromatic carbocycles. The minimum atomic E-state index is 0.343. The second-order valence-electron chi connectivity index (χ2n) is 5.29. The Labute approximate surface area is 119 Å². The molecule has 0 amide bonds. The van der Waals surface area contributed by atoms with Gasteiger partial charge in [0.25, 0.3) is 0 Å². The SMILES string of the molecule is N=C(CCC=O)c1c(N)ccnc1NC1CCCCC1. The lowest BCUT2D eigenvalue weighted by atomic mass is 9.95. The molecule has 1 heterocycles.